The van der Waals surface area contributed by atoms with Crippen molar-refractivity contribution in [1.29, 1.82) is 0 Å². The molecule has 3 aliphatic rings. The fourth-order valence-electron chi connectivity index (χ4n) is 7.01. The number of benzene rings is 2. The molecular weight excluding hydrogens is 592 g/mol. The molecule has 1 aliphatic carbocycles. The minimum absolute atomic E-state index is 0.0835. The Morgan fingerprint density at radius 2 is 1.78 bits per heavy atom. The number of amides is 2. The molecular formula is C33H44N6O5S. The molecule has 3 heterocycles. The summed E-state index contributed by atoms with van der Waals surface area (Å²) >= 11 is 0. The van der Waals surface area contributed by atoms with Crippen molar-refractivity contribution in [1.82, 2.24) is 28.7 Å². The largest absolute Gasteiger partial charge is 0.491 e. The molecule has 3 aromatic rings. The second kappa shape index (κ2) is 13.1. The Kier molecular flexibility index (Phi) is 9.19. The number of nitrogens with zero attached hydrogens (tertiary/aromatic N) is 4. The van der Waals surface area contributed by atoms with Gasteiger partial charge in [0.05, 0.1) is 18.3 Å². The highest BCUT2D eigenvalue weighted by molar-refractivity contribution is 7.87. The molecule has 0 saturated heterocycles. The molecule has 12 heteroatoms. The summed E-state index contributed by atoms with van der Waals surface area (Å²) in [6.45, 7) is 2.98. The second-order valence-corrected chi connectivity index (χ2v) is 14.4. The summed E-state index contributed by atoms with van der Waals surface area (Å²) in [7, 11) is 0.996. The quantitative estimate of drug-likeness (QED) is 0.454. The number of fused-ring (bicyclic) bond motifs is 4. The summed E-state index contributed by atoms with van der Waals surface area (Å²) in [5, 5.41) is 3.85. The van der Waals surface area contributed by atoms with Gasteiger partial charge in [0.25, 0.3) is 5.91 Å². The van der Waals surface area contributed by atoms with Gasteiger partial charge in [0.1, 0.15) is 12.4 Å². The van der Waals surface area contributed by atoms with E-state index in [0.717, 1.165) is 53.6 Å². The van der Waals surface area contributed by atoms with Crippen molar-refractivity contribution >= 4 is 32.9 Å². The normalized spacial score (nSPS) is 22.4. The minimum Gasteiger partial charge on any atom is -0.491 e. The number of hydrogen-bond donors (Lipinski definition) is 2. The average Bonchev–Trinajstić information content (AvgIpc) is 3.34. The van der Waals surface area contributed by atoms with Gasteiger partial charge in [-0.3, -0.25) is 14.5 Å². The first-order valence-corrected chi connectivity index (χ1v) is 17.4. The number of rotatable bonds is 3. The van der Waals surface area contributed by atoms with E-state index in [1.54, 1.807) is 13.1 Å². The molecule has 2 aromatic carbocycles. The number of ether oxygens (including phenoxy) is 1. The van der Waals surface area contributed by atoms with Crippen molar-refractivity contribution in [3.8, 4) is 17.0 Å². The Morgan fingerprint density at radius 1 is 1.02 bits per heavy atom. The van der Waals surface area contributed by atoms with Crippen molar-refractivity contribution < 1.29 is 22.7 Å². The van der Waals surface area contributed by atoms with Crippen LogP contribution in [-0.2, 0) is 21.5 Å². The summed E-state index contributed by atoms with van der Waals surface area (Å²) in [5.74, 6) is 0.398. The standard InChI is InChI=1S/C33H44N6O5S/c1-34-30(40)21-38-18-16-36(2)15-17-37(3)45(42,43)35-33(41)24-13-14-26-28(19-24)39-20-25(38)22-44-29-12-8-7-11-27(29)32(39)31(26)23-9-5-4-6-10-23/h7-8,11-14,19,23,25H,4-6,9-10,15-18,20-22H2,1-3H3,(H,34,40)(H,35,41)/t25-/m1/s1. The van der Waals surface area contributed by atoms with Crippen LogP contribution in [0, 0.1) is 0 Å². The molecule has 0 spiro atoms. The molecule has 1 saturated carbocycles. The van der Waals surface area contributed by atoms with E-state index in [1.807, 2.05) is 42.3 Å². The van der Waals surface area contributed by atoms with Crippen LogP contribution in [0.4, 0.5) is 0 Å². The van der Waals surface area contributed by atoms with E-state index in [-0.39, 0.29) is 30.6 Å². The topological polar surface area (TPSA) is 116 Å². The number of nitrogens with one attached hydrogen (secondary N) is 2. The van der Waals surface area contributed by atoms with Gasteiger partial charge in [-0.25, -0.2) is 4.72 Å². The highest BCUT2D eigenvalue weighted by Crippen LogP contribution is 2.47. The Morgan fingerprint density at radius 3 is 2.56 bits per heavy atom. The number of hydrogen-bond acceptors (Lipinski definition) is 7. The molecule has 2 aliphatic heterocycles. The molecule has 6 rings (SSSR count). The fourth-order valence-corrected chi connectivity index (χ4v) is 7.84. The maximum Gasteiger partial charge on any atom is 0.303 e. The Labute approximate surface area is 265 Å². The smallest absolute Gasteiger partial charge is 0.303 e. The summed E-state index contributed by atoms with van der Waals surface area (Å²) in [5.41, 5.74) is 4.52. The van der Waals surface area contributed by atoms with Crippen LogP contribution in [0.3, 0.4) is 0 Å². The lowest BCUT2D eigenvalue weighted by molar-refractivity contribution is -0.122. The van der Waals surface area contributed by atoms with E-state index < -0.39 is 16.1 Å². The van der Waals surface area contributed by atoms with Gasteiger partial charge in [-0.1, -0.05) is 37.5 Å². The molecule has 4 bridgehead atoms. The highest BCUT2D eigenvalue weighted by atomic mass is 32.2. The van der Waals surface area contributed by atoms with Crippen molar-refractivity contribution in [2.24, 2.45) is 0 Å². The summed E-state index contributed by atoms with van der Waals surface area (Å²) in [6.07, 6.45) is 5.72. The van der Waals surface area contributed by atoms with Crippen molar-refractivity contribution in [2.45, 2.75) is 50.6 Å². The molecule has 0 unspecified atom stereocenters. The molecule has 1 aromatic heterocycles. The summed E-state index contributed by atoms with van der Waals surface area (Å²) in [6, 6.07) is 13.5. The third-order valence-corrected chi connectivity index (χ3v) is 11.1. The van der Waals surface area contributed by atoms with Crippen LogP contribution < -0.4 is 14.8 Å². The van der Waals surface area contributed by atoms with E-state index in [2.05, 4.69) is 25.6 Å². The zero-order valence-corrected chi connectivity index (χ0v) is 27.2. The SMILES string of the molecule is CNC(=O)CN1CCN(C)CCN(C)S(=O)(=O)NC(=O)c2ccc3c(C4CCCCC4)c4n(c3c2)C[C@@H]1COc1ccccc1-4. The highest BCUT2D eigenvalue weighted by Gasteiger charge is 2.33. The van der Waals surface area contributed by atoms with Gasteiger partial charge in [-0.05, 0) is 55.6 Å². The number of likely N-dealkylation sites (N-methyl/N-ethyl adjacent to an activating group) is 3. The average molecular weight is 637 g/mol. The maximum absolute atomic E-state index is 13.5. The summed E-state index contributed by atoms with van der Waals surface area (Å²) in [4.78, 5) is 30.5. The van der Waals surface area contributed by atoms with Gasteiger partial charge in [-0.2, -0.15) is 12.7 Å². The molecule has 11 nitrogen and oxygen atoms in total. The molecule has 1 fully saturated rings. The van der Waals surface area contributed by atoms with Gasteiger partial charge >= 0.3 is 10.2 Å². The minimum atomic E-state index is -4.05. The van der Waals surface area contributed by atoms with E-state index in [0.29, 0.717) is 38.7 Å². The first-order valence-electron chi connectivity index (χ1n) is 16.0. The fraction of sp³-hybridized carbons (Fsp3) is 0.515. The Hall–Kier alpha value is -3.45. The first kappa shape index (κ1) is 31.5. The Balaban J connectivity index is 1.58. The van der Waals surface area contributed by atoms with Gasteiger partial charge in [0.15, 0.2) is 0 Å². The lowest BCUT2D eigenvalue weighted by atomic mass is 9.81. The predicted molar refractivity (Wildman–Crippen MR) is 175 cm³/mol. The van der Waals surface area contributed by atoms with Gasteiger partial charge in [0, 0.05) is 68.8 Å². The van der Waals surface area contributed by atoms with Crippen LogP contribution in [0.1, 0.15) is 53.9 Å². The third kappa shape index (κ3) is 6.46. The monoisotopic (exact) mass is 636 g/mol. The van der Waals surface area contributed by atoms with Crippen molar-refractivity contribution in [3.05, 3.63) is 53.6 Å². The van der Waals surface area contributed by atoms with E-state index in [9.17, 15) is 18.0 Å². The molecule has 1 atom stereocenters. The predicted octanol–water partition coefficient (Wildman–Crippen LogP) is 3.02. The van der Waals surface area contributed by atoms with E-state index >= 15 is 0 Å². The molecule has 242 valence electrons. The summed E-state index contributed by atoms with van der Waals surface area (Å²) < 4.78 is 38.6. The van der Waals surface area contributed by atoms with Crippen LogP contribution in [0.15, 0.2) is 42.5 Å². The molecule has 45 heavy (non-hydrogen) atoms. The van der Waals surface area contributed by atoms with Gasteiger partial charge in [0.2, 0.25) is 5.91 Å². The van der Waals surface area contributed by atoms with Crippen LogP contribution in [-0.4, -0.2) is 105 Å². The van der Waals surface area contributed by atoms with Crippen molar-refractivity contribution in [3.63, 3.8) is 0 Å². The number of para-hydroxylation sites is 1. The second-order valence-electron chi connectivity index (χ2n) is 12.6. The zero-order valence-electron chi connectivity index (χ0n) is 26.4. The number of carbonyl (C=O) groups is 2. The Bertz CT molecular complexity index is 1680. The lowest BCUT2D eigenvalue weighted by Gasteiger charge is -2.35. The number of aromatic nitrogens is 1. The zero-order chi connectivity index (χ0) is 31.7. The van der Waals surface area contributed by atoms with Crippen LogP contribution in [0.2, 0.25) is 0 Å². The van der Waals surface area contributed by atoms with E-state index in [4.69, 9.17) is 4.74 Å². The first-order chi connectivity index (χ1) is 21.7. The van der Waals surface area contributed by atoms with Crippen LogP contribution >= 0.6 is 0 Å². The molecule has 2 N–H and O–H groups in total. The van der Waals surface area contributed by atoms with E-state index in [1.165, 1.54) is 23.3 Å². The molecule has 0 radical (unpaired) electrons. The number of carbonyl (C=O) groups excluding carboxylic acids is 2. The van der Waals surface area contributed by atoms with Gasteiger partial charge < -0.3 is 19.5 Å². The molecule has 2 amide bonds. The van der Waals surface area contributed by atoms with Crippen molar-refractivity contribution in [2.75, 3.05) is 60.5 Å². The van der Waals surface area contributed by atoms with Gasteiger partial charge in [-0.15, -0.1) is 0 Å². The van der Waals surface area contributed by atoms with Crippen LogP contribution in [0.5, 0.6) is 5.75 Å². The maximum atomic E-state index is 13.5. The van der Waals surface area contributed by atoms with Crippen LogP contribution in [0.25, 0.3) is 22.2 Å². The third-order valence-electron chi connectivity index (χ3n) is 9.69. The lowest BCUT2D eigenvalue weighted by Crippen LogP contribution is -2.50.